The standard InChI is InChI=1S/C17H12Br2N4O/c18-13-2-1-3-14(19)15(13)22-17-21-8-9-23(17)16(24)12-6-4-11(10-20)5-7-12/h1-7H,8-9H2,(H,21,22). The summed E-state index contributed by atoms with van der Waals surface area (Å²) in [5.41, 5.74) is 1.77. The lowest BCUT2D eigenvalue weighted by Crippen LogP contribution is -2.35. The number of amides is 1. The third-order valence-corrected chi connectivity index (χ3v) is 4.82. The van der Waals surface area contributed by atoms with Gasteiger partial charge in [-0.15, -0.1) is 0 Å². The molecule has 3 rings (SSSR count). The van der Waals surface area contributed by atoms with Crippen LogP contribution >= 0.6 is 31.9 Å². The molecule has 0 saturated carbocycles. The quantitative estimate of drug-likeness (QED) is 0.760. The first-order valence-corrected chi connectivity index (χ1v) is 8.77. The van der Waals surface area contributed by atoms with Crippen molar-refractivity contribution in [3.8, 4) is 6.07 Å². The third kappa shape index (κ3) is 3.35. The van der Waals surface area contributed by atoms with E-state index in [4.69, 9.17) is 5.26 Å². The molecule has 0 atom stereocenters. The van der Waals surface area contributed by atoms with Gasteiger partial charge in [0.1, 0.15) is 0 Å². The van der Waals surface area contributed by atoms with Gasteiger partial charge < -0.3 is 5.32 Å². The van der Waals surface area contributed by atoms with Gasteiger partial charge in [0.05, 0.1) is 17.3 Å². The summed E-state index contributed by atoms with van der Waals surface area (Å²) in [4.78, 5) is 18.9. The van der Waals surface area contributed by atoms with Crippen molar-refractivity contribution in [3.05, 3.63) is 62.5 Å². The van der Waals surface area contributed by atoms with Gasteiger partial charge in [-0.25, -0.2) is 4.99 Å². The van der Waals surface area contributed by atoms with Gasteiger partial charge in [0.15, 0.2) is 0 Å². The number of hydrogen-bond acceptors (Lipinski definition) is 3. The molecule has 5 nitrogen and oxygen atoms in total. The lowest BCUT2D eigenvalue weighted by atomic mass is 10.1. The Hall–Kier alpha value is -2.17. The maximum Gasteiger partial charge on any atom is 0.260 e. The molecule has 2 aromatic rings. The Morgan fingerprint density at radius 2 is 1.83 bits per heavy atom. The molecule has 1 aliphatic rings. The van der Waals surface area contributed by atoms with Crippen LogP contribution in [0.15, 0.2) is 56.4 Å². The number of aliphatic imine (C=N–C) groups is 1. The summed E-state index contributed by atoms with van der Waals surface area (Å²) in [6, 6.07) is 14.3. The van der Waals surface area contributed by atoms with Crippen molar-refractivity contribution in [1.82, 2.24) is 10.2 Å². The average molecular weight is 448 g/mol. The van der Waals surface area contributed by atoms with E-state index in [0.29, 0.717) is 30.2 Å². The van der Waals surface area contributed by atoms with Crippen LogP contribution in [0.5, 0.6) is 0 Å². The van der Waals surface area contributed by atoms with Crippen molar-refractivity contribution in [2.45, 2.75) is 0 Å². The molecule has 0 bridgehead atoms. The summed E-state index contributed by atoms with van der Waals surface area (Å²) >= 11 is 6.95. The first kappa shape index (κ1) is 16.7. The number of para-hydroxylation sites is 1. The van der Waals surface area contributed by atoms with Crippen molar-refractivity contribution in [2.24, 2.45) is 4.99 Å². The van der Waals surface area contributed by atoms with Crippen LogP contribution in [0.25, 0.3) is 0 Å². The number of halogens is 2. The Labute approximate surface area is 156 Å². The lowest BCUT2D eigenvalue weighted by Gasteiger charge is -2.16. The summed E-state index contributed by atoms with van der Waals surface area (Å²) in [6.07, 6.45) is 0. The van der Waals surface area contributed by atoms with E-state index in [-0.39, 0.29) is 5.91 Å². The minimum Gasteiger partial charge on any atom is -0.354 e. The van der Waals surface area contributed by atoms with Crippen molar-refractivity contribution >= 4 is 49.4 Å². The van der Waals surface area contributed by atoms with Gasteiger partial charge in [-0.05, 0) is 68.3 Å². The topological polar surface area (TPSA) is 68.5 Å². The van der Waals surface area contributed by atoms with E-state index < -0.39 is 0 Å². The number of nitrogens with one attached hydrogen (secondary N) is 1. The molecule has 7 heteroatoms. The monoisotopic (exact) mass is 446 g/mol. The van der Waals surface area contributed by atoms with E-state index in [1.807, 2.05) is 24.3 Å². The van der Waals surface area contributed by atoms with Gasteiger partial charge in [-0.2, -0.15) is 5.26 Å². The number of carbonyl (C=O) groups excluding carboxylic acids is 1. The Balaban J connectivity index is 1.91. The largest absolute Gasteiger partial charge is 0.354 e. The first-order chi connectivity index (χ1) is 11.6. The smallest absolute Gasteiger partial charge is 0.260 e. The normalized spacial score (nSPS) is 15.2. The van der Waals surface area contributed by atoms with Crippen molar-refractivity contribution in [2.75, 3.05) is 13.1 Å². The fourth-order valence-electron chi connectivity index (χ4n) is 2.32. The van der Waals surface area contributed by atoms with E-state index in [2.05, 4.69) is 42.2 Å². The first-order valence-electron chi connectivity index (χ1n) is 7.19. The second kappa shape index (κ2) is 7.16. The molecule has 24 heavy (non-hydrogen) atoms. The summed E-state index contributed by atoms with van der Waals surface area (Å²) in [6.45, 7) is 1.18. The highest BCUT2D eigenvalue weighted by atomic mass is 79.9. The van der Waals surface area contributed by atoms with Gasteiger partial charge in [0, 0.05) is 27.6 Å². The van der Waals surface area contributed by atoms with Crippen LogP contribution < -0.4 is 5.32 Å². The highest BCUT2D eigenvalue weighted by molar-refractivity contribution is 9.11. The van der Waals surface area contributed by atoms with Crippen LogP contribution in [0.3, 0.4) is 0 Å². The Kier molecular flexibility index (Phi) is 4.97. The van der Waals surface area contributed by atoms with Crippen LogP contribution in [0.4, 0.5) is 5.69 Å². The number of nitrogens with zero attached hydrogens (tertiary/aromatic N) is 3. The molecule has 2 aromatic carbocycles. The Morgan fingerprint density at radius 1 is 1.17 bits per heavy atom. The lowest BCUT2D eigenvalue weighted by molar-refractivity contribution is 0.0859. The van der Waals surface area contributed by atoms with E-state index in [9.17, 15) is 4.79 Å². The van der Waals surface area contributed by atoms with Gasteiger partial charge in [0.2, 0.25) is 5.96 Å². The maximum atomic E-state index is 12.7. The highest BCUT2D eigenvalue weighted by Crippen LogP contribution is 2.33. The van der Waals surface area contributed by atoms with E-state index >= 15 is 0 Å². The third-order valence-electron chi connectivity index (χ3n) is 3.54. The number of guanidine groups is 1. The molecule has 1 aliphatic heterocycles. The van der Waals surface area contributed by atoms with Crippen molar-refractivity contribution in [1.29, 1.82) is 5.26 Å². The fourth-order valence-corrected chi connectivity index (χ4v) is 3.50. The summed E-state index contributed by atoms with van der Waals surface area (Å²) < 4.78 is 1.67. The molecular weight excluding hydrogens is 436 g/mol. The molecular formula is C17H12Br2N4O. The molecule has 0 radical (unpaired) electrons. The number of carbonyl (C=O) groups is 1. The maximum absolute atomic E-state index is 12.7. The van der Waals surface area contributed by atoms with E-state index in [0.717, 1.165) is 14.6 Å². The average Bonchev–Trinajstić information content (AvgIpc) is 3.06. The molecule has 0 unspecified atom stereocenters. The minimum absolute atomic E-state index is 0.147. The van der Waals surface area contributed by atoms with E-state index in [1.54, 1.807) is 29.2 Å². The SMILES string of the molecule is N#Cc1ccc(C(=O)N2CCNC2=Nc2c(Br)cccc2Br)cc1. The van der Waals surface area contributed by atoms with Gasteiger partial charge in [0.25, 0.3) is 5.91 Å². The molecule has 0 aliphatic carbocycles. The zero-order chi connectivity index (χ0) is 17.1. The molecule has 1 N–H and O–H groups in total. The molecule has 1 fully saturated rings. The molecule has 0 aromatic heterocycles. The summed E-state index contributed by atoms with van der Waals surface area (Å²) in [7, 11) is 0. The van der Waals surface area contributed by atoms with Crippen LogP contribution in [-0.4, -0.2) is 29.9 Å². The number of hydrogen-bond donors (Lipinski definition) is 1. The van der Waals surface area contributed by atoms with Gasteiger partial charge >= 0.3 is 0 Å². The summed E-state index contributed by atoms with van der Waals surface area (Å²) in [5.74, 6) is 0.364. The van der Waals surface area contributed by atoms with Crippen LogP contribution in [0.2, 0.25) is 0 Å². The Morgan fingerprint density at radius 3 is 2.46 bits per heavy atom. The zero-order valence-corrected chi connectivity index (χ0v) is 15.6. The molecule has 0 spiro atoms. The molecule has 120 valence electrons. The second-order valence-corrected chi connectivity index (χ2v) is 6.79. The highest BCUT2D eigenvalue weighted by Gasteiger charge is 2.26. The number of nitriles is 1. The number of benzene rings is 2. The van der Waals surface area contributed by atoms with Gasteiger partial charge in [-0.3, -0.25) is 9.69 Å². The summed E-state index contributed by atoms with van der Waals surface area (Å²) in [5, 5.41) is 12.0. The zero-order valence-electron chi connectivity index (χ0n) is 12.5. The van der Waals surface area contributed by atoms with Gasteiger partial charge in [-0.1, -0.05) is 6.07 Å². The van der Waals surface area contributed by atoms with Crippen LogP contribution in [0.1, 0.15) is 15.9 Å². The molecule has 1 saturated heterocycles. The van der Waals surface area contributed by atoms with Crippen molar-refractivity contribution in [3.63, 3.8) is 0 Å². The fraction of sp³-hybridized carbons (Fsp3) is 0.118. The van der Waals surface area contributed by atoms with E-state index in [1.165, 1.54) is 0 Å². The Bertz CT molecular complexity index is 836. The predicted octanol–water partition coefficient (Wildman–Crippen LogP) is 3.82. The van der Waals surface area contributed by atoms with Crippen LogP contribution in [-0.2, 0) is 0 Å². The minimum atomic E-state index is -0.147. The predicted molar refractivity (Wildman–Crippen MR) is 99.1 cm³/mol. The van der Waals surface area contributed by atoms with Crippen molar-refractivity contribution < 1.29 is 4.79 Å². The molecule has 1 amide bonds. The van der Waals surface area contributed by atoms with Crippen LogP contribution in [0, 0.1) is 11.3 Å². The second-order valence-electron chi connectivity index (χ2n) is 5.08. The molecule has 1 heterocycles. The number of rotatable bonds is 2.